The van der Waals surface area contributed by atoms with E-state index in [1.165, 1.54) is 0 Å². The molecule has 0 bridgehead atoms. The molecule has 2 N–H and O–H groups in total. The molecule has 0 aromatic rings. The number of sulfonamides is 1. The Hall–Kier alpha value is -0.130. The number of hydrogen-bond acceptors (Lipinski definition) is 3. The Morgan fingerprint density at radius 2 is 1.86 bits per heavy atom. The van der Waals surface area contributed by atoms with Crippen molar-refractivity contribution in [2.24, 2.45) is 16.5 Å². The van der Waals surface area contributed by atoms with Gasteiger partial charge in [0.2, 0.25) is 10.0 Å². The number of hydrogen-bond donors (Lipinski definition) is 1. The first-order valence-electron chi connectivity index (χ1n) is 4.75. The van der Waals surface area contributed by atoms with Crippen LogP contribution >= 0.6 is 0 Å². The van der Waals surface area contributed by atoms with Gasteiger partial charge in [-0.15, -0.1) is 0 Å². The third-order valence-corrected chi connectivity index (χ3v) is 3.05. The quantitative estimate of drug-likeness (QED) is 0.755. The fourth-order valence-electron chi connectivity index (χ4n) is 1.09. The van der Waals surface area contributed by atoms with E-state index in [1.807, 2.05) is 27.7 Å². The summed E-state index contributed by atoms with van der Waals surface area (Å²) in [5.41, 5.74) is -0.110. The molecule has 0 fully saturated rings. The fourth-order valence-corrected chi connectivity index (χ4v) is 2.25. The van der Waals surface area contributed by atoms with Gasteiger partial charge >= 0.3 is 0 Å². The zero-order chi connectivity index (χ0) is 11.4. The van der Waals surface area contributed by atoms with E-state index in [4.69, 9.17) is 9.88 Å². The molecule has 0 radical (unpaired) electrons. The Morgan fingerprint density at radius 1 is 1.36 bits per heavy atom. The van der Waals surface area contributed by atoms with Crippen LogP contribution in [0.15, 0.2) is 0 Å². The SMILES string of the molecule is CCOCC(CS(N)(=O)=O)C(C)(C)C. The van der Waals surface area contributed by atoms with Crippen molar-refractivity contribution in [1.82, 2.24) is 0 Å². The topological polar surface area (TPSA) is 69.4 Å². The maximum absolute atomic E-state index is 11.0. The van der Waals surface area contributed by atoms with Crippen LogP contribution in [-0.2, 0) is 14.8 Å². The molecule has 0 amide bonds. The predicted molar refractivity (Wildman–Crippen MR) is 57.4 cm³/mol. The highest BCUT2D eigenvalue weighted by Gasteiger charge is 2.28. The highest BCUT2D eigenvalue weighted by Crippen LogP contribution is 2.26. The van der Waals surface area contributed by atoms with Crippen LogP contribution in [0.5, 0.6) is 0 Å². The summed E-state index contributed by atoms with van der Waals surface area (Å²) in [7, 11) is -3.42. The molecule has 14 heavy (non-hydrogen) atoms. The van der Waals surface area contributed by atoms with Crippen molar-refractivity contribution in [3.63, 3.8) is 0 Å². The van der Waals surface area contributed by atoms with Crippen molar-refractivity contribution >= 4 is 10.0 Å². The summed E-state index contributed by atoms with van der Waals surface area (Å²) in [6, 6.07) is 0. The molecule has 0 aliphatic carbocycles. The van der Waals surface area contributed by atoms with Crippen molar-refractivity contribution < 1.29 is 13.2 Å². The molecule has 1 unspecified atom stereocenters. The van der Waals surface area contributed by atoms with Crippen molar-refractivity contribution in [1.29, 1.82) is 0 Å². The largest absolute Gasteiger partial charge is 0.381 e. The van der Waals surface area contributed by atoms with Gasteiger partial charge in [0.1, 0.15) is 0 Å². The Kier molecular flexibility index (Phi) is 5.05. The third-order valence-electron chi connectivity index (χ3n) is 2.18. The molecule has 0 rings (SSSR count). The van der Waals surface area contributed by atoms with E-state index in [9.17, 15) is 8.42 Å². The summed E-state index contributed by atoms with van der Waals surface area (Å²) in [4.78, 5) is 0. The van der Waals surface area contributed by atoms with Gasteiger partial charge < -0.3 is 4.74 Å². The summed E-state index contributed by atoms with van der Waals surface area (Å²) >= 11 is 0. The molecule has 1 atom stereocenters. The molecular weight excluding hydrogens is 202 g/mol. The van der Waals surface area contributed by atoms with E-state index in [2.05, 4.69) is 0 Å². The van der Waals surface area contributed by atoms with E-state index in [1.54, 1.807) is 0 Å². The molecule has 0 saturated heterocycles. The maximum Gasteiger partial charge on any atom is 0.209 e. The highest BCUT2D eigenvalue weighted by atomic mass is 32.2. The first-order valence-corrected chi connectivity index (χ1v) is 6.46. The molecule has 0 aliphatic heterocycles. The van der Waals surface area contributed by atoms with Crippen molar-refractivity contribution in [2.45, 2.75) is 27.7 Å². The van der Waals surface area contributed by atoms with Crippen LogP contribution < -0.4 is 5.14 Å². The molecule has 0 aliphatic rings. The molecule has 0 aromatic heterocycles. The van der Waals surface area contributed by atoms with Crippen LogP contribution in [0.3, 0.4) is 0 Å². The first kappa shape index (κ1) is 13.9. The molecule has 0 aromatic carbocycles. The van der Waals surface area contributed by atoms with Gasteiger partial charge in [-0.05, 0) is 12.3 Å². The zero-order valence-electron chi connectivity index (χ0n) is 9.41. The third kappa shape index (κ3) is 6.34. The van der Waals surface area contributed by atoms with Crippen LogP contribution in [0.2, 0.25) is 0 Å². The smallest absolute Gasteiger partial charge is 0.209 e. The van der Waals surface area contributed by atoms with Gasteiger partial charge in [0.15, 0.2) is 0 Å². The Morgan fingerprint density at radius 3 is 2.14 bits per heavy atom. The Labute approximate surface area is 86.9 Å². The molecule has 0 heterocycles. The van der Waals surface area contributed by atoms with Gasteiger partial charge in [-0.25, -0.2) is 13.6 Å². The van der Waals surface area contributed by atoms with Gasteiger partial charge in [-0.3, -0.25) is 0 Å². The zero-order valence-corrected chi connectivity index (χ0v) is 10.2. The van der Waals surface area contributed by atoms with E-state index in [0.717, 1.165) is 0 Å². The van der Waals surface area contributed by atoms with Crippen LogP contribution in [-0.4, -0.2) is 27.4 Å². The van der Waals surface area contributed by atoms with Gasteiger partial charge in [0.25, 0.3) is 0 Å². The van der Waals surface area contributed by atoms with Crippen molar-refractivity contribution in [3.8, 4) is 0 Å². The maximum atomic E-state index is 11.0. The van der Waals surface area contributed by atoms with Crippen LogP contribution in [0.1, 0.15) is 27.7 Å². The molecular formula is C9H21NO3S. The second kappa shape index (κ2) is 5.09. The van der Waals surface area contributed by atoms with Crippen LogP contribution in [0, 0.1) is 11.3 Å². The normalized spacial score (nSPS) is 15.5. The van der Waals surface area contributed by atoms with Crippen LogP contribution in [0.25, 0.3) is 0 Å². The minimum Gasteiger partial charge on any atom is -0.381 e. The van der Waals surface area contributed by atoms with Gasteiger partial charge in [0, 0.05) is 12.5 Å². The minimum absolute atomic E-state index is 0.0174. The first-order chi connectivity index (χ1) is 6.17. The minimum atomic E-state index is -3.42. The summed E-state index contributed by atoms with van der Waals surface area (Å²) in [5.74, 6) is -0.0753. The van der Waals surface area contributed by atoms with E-state index >= 15 is 0 Å². The number of ether oxygens (including phenoxy) is 1. The summed E-state index contributed by atoms with van der Waals surface area (Å²) in [6.07, 6.45) is 0. The lowest BCUT2D eigenvalue weighted by Gasteiger charge is -2.29. The van der Waals surface area contributed by atoms with Crippen molar-refractivity contribution in [2.75, 3.05) is 19.0 Å². The molecule has 86 valence electrons. The van der Waals surface area contributed by atoms with E-state index in [0.29, 0.717) is 13.2 Å². The monoisotopic (exact) mass is 223 g/mol. The second-order valence-electron chi connectivity index (χ2n) is 4.55. The Bertz CT molecular complexity index is 254. The van der Waals surface area contributed by atoms with Crippen LogP contribution in [0.4, 0.5) is 0 Å². The number of primary sulfonamides is 1. The molecule has 5 heteroatoms. The lowest BCUT2D eigenvalue weighted by atomic mass is 9.82. The average Bonchev–Trinajstić information content (AvgIpc) is 1.93. The van der Waals surface area contributed by atoms with Crippen molar-refractivity contribution in [3.05, 3.63) is 0 Å². The summed E-state index contributed by atoms with van der Waals surface area (Å²) in [6.45, 7) is 8.88. The van der Waals surface area contributed by atoms with E-state index in [-0.39, 0.29) is 17.1 Å². The fraction of sp³-hybridized carbons (Fsp3) is 1.00. The van der Waals surface area contributed by atoms with Gasteiger partial charge in [-0.1, -0.05) is 20.8 Å². The lowest BCUT2D eigenvalue weighted by molar-refractivity contribution is 0.0733. The highest BCUT2D eigenvalue weighted by molar-refractivity contribution is 7.89. The second-order valence-corrected chi connectivity index (χ2v) is 6.21. The Balaban J connectivity index is 4.42. The molecule has 4 nitrogen and oxygen atoms in total. The summed E-state index contributed by atoms with van der Waals surface area (Å²) in [5, 5.41) is 5.02. The summed E-state index contributed by atoms with van der Waals surface area (Å²) < 4.78 is 27.2. The number of nitrogens with two attached hydrogens (primary N) is 1. The lowest BCUT2D eigenvalue weighted by Crippen LogP contribution is -2.34. The van der Waals surface area contributed by atoms with E-state index < -0.39 is 10.0 Å². The predicted octanol–water partition coefficient (Wildman–Crippen LogP) is 0.974. The number of rotatable bonds is 5. The van der Waals surface area contributed by atoms with Gasteiger partial charge in [-0.2, -0.15) is 0 Å². The average molecular weight is 223 g/mol. The molecule has 0 saturated carbocycles. The standard InChI is InChI=1S/C9H21NO3S/c1-5-13-6-8(9(2,3)4)7-14(10,11)12/h8H,5-7H2,1-4H3,(H2,10,11,12). The van der Waals surface area contributed by atoms with Gasteiger partial charge in [0.05, 0.1) is 12.4 Å². The molecule has 0 spiro atoms.